The van der Waals surface area contributed by atoms with E-state index >= 15 is 0 Å². The molecule has 2 aromatic heterocycles. The molecule has 2 atom stereocenters. The van der Waals surface area contributed by atoms with Gasteiger partial charge in [-0.3, -0.25) is 0 Å². The van der Waals surface area contributed by atoms with Crippen LogP contribution in [0.4, 0.5) is 0 Å². The predicted molar refractivity (Wildman–Crippen MR) is 76.1 cm³/mol. The average molecular weight is 259 g/mol. The molecule has 2 aromatic rings. The van der Waals surface area contributed by atoms with Gasteiger partial charge in [0.15, 0.2) is 0 Å². The van der Waals surface area contributed by atoms with Crippen molar-refractivity contribution in [2.24, 2.45) is 0 Å². The molecule has 0 bridgehead atoms. The normalized spacial score (nSPS) is 23.3. The summed E-state index contributed by atoms with van der Waals surface area (Å²) in [5.74, 6) is 0. The minimum absolute atomic E-state index is 0.329. The van der Waals surface area contributed by atoms with Gasteiger partial charge in [0.2, 0.25) is 0 Å². The first kappa shape index (κ1) is 12.6. The molecule has 0 amide bonds. The van der Waals surface area contributed by atoms with Crippen molar-refractivity contribution in [1.82, 2.24) is 14.9 Å². The van der Waals surface area contributed by atoms with Crippen LogP contribution in [0.2, 0.25) is 0 Å². The van der Waals surface area contributed by atoms with Crippen LogP contribution in [0, 0.1) is 0 Å². The number of pyridine rings is 1. The third-order valence-corrected chi connectivity index (χ3v) is 3.80. The predicted octanol–water partition coefficient (Wildman–Crippen LogP) is 2.32. The van der Waals surface area contributed by atoms with Crippen molar-refractivity contribution in [2.45, 2.75) is 45.1 Å². The summed E-state index contributed by atoms with van der Waals surface area (Å²) >= 11 is 0. The van der Waals surface area contributed by atoms with E-state index in [0.29, 0.717) is 12.2 Å². The zero-order valence-corrected chi connectivity index (χ0v) is 11.6. The van der Waals surface area contributed by atoms with Gasteiger partial charge < -0.3 is 14.6 Å². The van der Waals surface area contributed by atoms with Gasteiger partial charge in [-0.15, -0.1) is 0 Å². The topological polar surface area (TPSA) is 39.1 Å². The van der Waals surface area contributed by atoms with E-state index in [1.807, 2.05) is 19.3 Å². The van der Waals surface area contributed by atoms with Crippen molar-refractivity contribution in [2.75, 3.05) is 7.05 Å². The zero-order valence-electron chi connectivity index (χ0n) is 11.6. The van der Waals surface area contributed by atoms with Gasteiger partial charge in [-0.2, -0.15) is 0 Å². The maximum atomic E-state index is 5.92. The Morgan fingerprint density at radius 2 is 2.37 bits per heavy atom. The SMILES string of the molecule is CNCc1cn(CC2CCC(C)O2)c2ncccc12. The number of nitrogens with zero attached hydrogens (tertiary/aromatic N) is 2. The zero-order chi connectivity index (χ0) is 13.2. The van der Waals surface area contributed by atoms with Crippen LogP contribution in [0.15, 0.2) is 24.5 Å². The summed E-state index contributed by atoms with van der Waals surface area (Å²) < 4.78 is 8.16. The molecule has 1 aliphatic rings. The van der Waals surface area contributed by atoms with E-state index in [2.05, 4.69) is 34.1 Å². The third-order valence-electron chi connectivity index (χ3n) is 3.80. The molecule has 4 nitrogen and oxygen atoms in total. The Morgan fingerprint density at radius 3 is 3.11 bits per heavy atom. The van der Waals surface area contributed by atoms with Crippen molar-refractivity contribution in [3.63, 3.8) is 0 Å². The van der Waals surface area contributed by atoms with Crippen LogP contribution in [0.1, 0.15) is 25.3 Å². The number of hydrogen-bond donors (Lipinski definition) is 1. The highest BCUT2D eigenvalue weighted by molar-refractivity contribution is 5.80. The van der Waals surface area contributed by atoms with Crippen LogP contribution in [-0.2, 0) is 17.8 Å². The second kappa shape index (κ2) is 5.31. The molecule has 3 heterocycles. The Morgan fingerprint density at radius 1 is 1.47 bits per heavy atom. The molecule has 0 aromatic carbocycles. The van der Waals surface area contributed by atoms with Gasteiger partial charge in [0.05, 0.1) is 18.8 Å². The molecule has 3 rings (SSSR count). The van der Waals surface area contributed by atoms with Gasteiger partial charge in [-0.25, -0.2) is 4.98 Å². The summed E-state index contributed by atoms with van der Waals surface area (Å²) in [5, 5.41) is 4.46. The van der Waals surface area contributed by atoms with Crippen LogP contribution >= 0.6 is 0 Å². The van der Waals surface area contributed by atoms with Crippen molar-refractivity contribution in [3.05, 3.63) is 30.1 Å². The van der Waals surface area contributed by atoms with E-state index in [4.69, 9.17) is 4.74 Å². The maximum Gasteiger partial charge on any atom is 0.140 e. The Kier molecular flexibility index (Phi) is 3.53. The number of aromatic nitrogens is 2. The lowest BCUT2D eigenvalue weighted by molar-refractivity contribution is 0.0464. The third kappa shape index (κ3) is 2.51. The van der Waals surface area contributed by atoms with Gasteiger partial charge in [-0.05, 0) is 44.5 Å². The van der Waals surface area contributed by atoms with Gasteiger partial charge in [0, 0.05) is 24.3 Å². The fraction of sp³-hybridized carbons (Fsp3) is 0.533. The highest BCUT2D eigenvalue weighted by atomic mass is 16.5. The molecule has 102 valence electrons. The standard InChI is InChI=1S/C15H21N3O/c1-11-5-6-13(19-11)10-18-9-12(8-16-2)14-4-3-7-17-15(14)18/h3-4,7,9,11,13,16H,5-6,8,10H2,1-2H3. The first-order chi connectivity index (χ1) is 9.28. The lowest BCUT2D eigenvalue weighted by Crippen LogP contribution is -2.16. The second-order valence-corrected chi connectivity index (χ2v) is 5.36. The molecule has 0 spiro atoms. The molecule has 0 aliphatic carbocycles. The molecule has 4 heteroatoms. The maximum absolute atomic E-state index is 5.92. The van der Waals surface area contributed by atoms with E-state index in [1.165, 1.54) is 17.4 Å². The summed E-state index contributed by atoms with van der Waals surface area (Å²) in [6.45, 7) is 3.93. The molecule has 0 saturated carbocycles. The van der Waals surface area contributed by atoms with Crippen molar-refractivity contribution < 1.29 is 4.74 Å². The summed E-state index contributed by atoms with van der Waals surface area (Å²) in [6.07, 6.45) is 7.11. The summed E-state index contributed by atoms with van der Waals surface area (Å²) in [6, 6.07) is 4.14. The molecule has 1 N–H and O–H groups in total. The van der Waals surface area contributed by atoms with Crippen LogP contribution in [-0.4, -0.2) is 28.8 Å². The molecule has 1 aliphatic heterocycles. The largest absolute Gasteiger partial charge is 0.373 e. The smallest absolute Gasteiger partial charge is 0.140 e. The number of hydrogen-bond acceptors (Lipinski definition) is 3. The van der Waals surface area contributed by atoms with E-state index < -0.39 is 0 Å². The van der Waals surface area contributed by atoms with Gasteiger partial charge >= 0.3 is 0 Å². The lowest BCUT2D eigenvalue weighted by Gasteiger charge is -2.12. The van der Waals surface area contributed by atoms with Gasteiger partial charge in [0.1, 0.15) is 5.65 Å². The molecular formula is C15H21N3O. The number of fused-ring (bicyclic) bond motifs is 1. The van der Waals surface area contributed by atoms with Crippen molar-refractivity contribution >= 4 is 11.0 Å². The second-order valence-electron chi connectivity index (χ2n) is 5.36. The number of ether oxygens (including phenoxy) is 1. The highest BCUT2D eigenvalue weighted by Gasteiger charge is 2.23. The monoisotopic (exact) mass is 259 g/mol. The first-order valence-electron chi connectivity index (χ1n) is 7.00. The Hall–Kier alpha value is -1.39. The minimum Gasteiger partial charge on any atom is -0.373 e. The van der Waals surface area contributed by atoms with E-state index in [0.717, 1.165) is 25.2 Å². The Balaban J connectivity index is 1.90. The molecule has 2 unspecified atom stereocenters. The summed E-state index contributed by atoms with van der Waals surface area (Å²) in [5.41, 5.74) is 2.37. The first-order valence-corrected chi connectivity index (χ1v) is 7.00. The van der Waals surface area contributed by atoms with Gasteiger partial charge in [-0.1, -0.05) is 0 Å². The minimum atomic E-state index is 0.329. The van der Waals surface area contributed by atoms with E-state index in [9.17, 15) is 0 Å². The number of nitrogens with one attached hydrogen (secondary N) is 1. The lowest BCUT2D eigenvalue weighted by atomic mass is 10.2. The van der Waals surface area contributed by atoms with Crippen molar-refractivity contribution in [3.8, 4) is 0 Å². The van der Waals surface area contributed by atoms with Crippen LogP contribution < -0.4 is 5.32 Å². The average Bonchev–Trinajstić information content (AvgIpc) is 2.97. The quantitative estimate of drug-likeness (QED) is 0.916. The van der Waals surface area contributed by atoms with Crippen LogP contribution in [0.5, 0.6) is 0 Å². The van der Waals surface area contributed by atoms with E-state index in [-0.39, 0.29) is 0 Å². The molecular weight excluding hydrogens is 238 g/mol. The fourth-order valence-corrected chi connectivity index (χ4v) is 2.90. The van der Waals surface area contributed by atoms with E-state index in [1.54, 1.807) is 0 Å². The van der Waals surface area contributed by atoms with Gasteiger partial charge in [0.25, 0.3) is 0 Å². The Bertz CT molecular complexity index is 564. The summed E-state index contributed by atoms with van der Waals surface area (Å²) in [4.78, 5) is 4.52. The molecule has 1 fully saturated rings. The summed E-state index contributed by atoms with van der Waals surface area (Å²) in [7, 11) is 1.97. The fourth-order valence-electron chi connectivity index (χ4n) is 2.90. The molecule has 0 radical (unpaired) electrons. The number of rotatable bonds is 4. The van der Waals surface area contributed by atoms with Crippen LogP contribution in [0.25, 0.3) is 11.0 Å². The highest BCUT2D eigenvalue weighted by Crippen LogP contribution is 2.24. The Labute approximate surface area is 113 Å². The van der Waals surface area contributed by atoms with Crippen molar-refractivity contribution in [1.29, 1.82) is 0 Å². The molecule has 19 heavy (non-hydrogen) atoms. The molecule has 1 saturated heterocycles. The van der Waals surface area contributed by atoms with Crippen LogP contribution in [0.3, 0.4) is 0 Å².